The number of hydrogen-bond donors (Lipinski definition) is 6. The Morgan fingerprint density at radius 3 is 2.03 bits per heavy atom. The molecule has 2 heterocycles. The molecule has 4 aromatic carbocycles. The summed E-state index contributed by atoms with van der Waals surface area (Å²) in [4.78, 5) is -0.0203. The van der Waals surface area contributed by atoms with Crippen LogP contribution in [0.25, 0.3) is 21.5 Å². The van der Waals surface area contributed by atoms with Crippen molar-refractivity contribution in [1.29, 1.82) is 0 Å². The molecule has 0 spiro atoms. The molecular weight excluding hydrogens is 905 g/mol. The first-order chi connectivity index (χ1) is 27.1. The van der Waals surface area contributed by atoms with Gasteiger partial charge in [-0.05, 0) is 66.6 Å². The molecule has 0 radical (unpaired) electrons. The van der Waals surface area contributed by atoms with E-state index in [0.717, 1.165) is 18.2 Å². The number of anilines is 1. The summed E-state index contributed by atoms with van der Waals surface area (Å²) in [6.45, 7) is 6.46. The fraction of sp³-hybridized carbons (Fsp3) is 0.242. The fourth-order valence-electron chi connectivity index (χ4n) is 7.71. The first-order valence-electron chi connectivity index (χ1n) is 16.4. The molecule has 1 atom stereocenters. The summed E-state index contributed by atoms with van der Waals surface area (Å²) >= 11 is -2.59. The van der Waals surface area contributed by atoms with Crippen LogP contribution in [0.1, 0.15) is 38.8 Å². The van der Waals surface area contributed by atoms with Gasteiger partial charge in [-0.25, -0.2) is 5.26 Å². The standard InChI is InChI=1S/C33H32N2O18S6/c1-32(2)26(34(16-56(39,40)41)22-11-9-19-13-21(58(45,46)47)15-24(51-55(37)38)28(19)30(22)32)6-5-7-27-33(3,4)31-23(35(27)17-57(42,43)44)10-8-18-12-20(54-53-52-36)14-25(29(18)31)59(48,49)50/h5-15H,16-17H2,1-4H3,(H5-,36,37,38,39,40,41,42,43,44,45,46,47,48,49,50)/p+1. The van der Waals surface area contributed by atoms with Gasteiger partial charge in [0.15, 0.2) is 17.3 Å². The van der Waals surface area contributed by atoms with E-state index in [0.29, 0.717) is 12.0 Å². The number of hydrogen-bond acceptors (Lipinski definition) is 15. The van der Waals surface area contributed by atoms with Crippen molar-refractivity contribution < 1.29 is 84.0 Å². The van der Waals surface area contributed by atoms with E-state index in [1.165, 1.54) is 58.0 Å². The Balaban J connectivity index is 1.58. The molecule has 318 valence electrons. The second kappa shape index (κ2) is 15.2. The molecule has 2 aliphatic rings. The second-order valence-electron chi connectivity index (χ2n) is 14.3. The van der Waals surface area contributed by atoms with Gasteiger partial charge in [-0.1, -0.05) is 31.0 Å². The minimum Gasteiger partial charge on any atom is -0.379 e. The van der Waals surface area contributed by atoms with E-state index in [-0.39, 0.29) is 60.4 Å². The lowest BCUT2D eigenvalue weighted by Crippen LogP contribution is -2.31. The highest BCUT2D eigenvalue weighted by Gasteiger charge is 2.48. The van der Waals surface area contributed by atoms with Crippen molar-refractivity contribution in [2.75, 3.05) is 16.7 Å². The summed E-state index contributed by atoms with van der Waals surface area (Å²) < 4.78 is 172. The van der Waals surface area contributed by atoms with Crippen molar-refractivity contribution in [2.45, 2.75) is 53.2 Å². The quantitative estimate of drug-likeness (QED) is 0.0263. The Bertz CT molecular complexity index is 3050. The molecule has 0 aromatic heterocycles. The van der Waals surface area contributed by atoms with Crippen molar-refractivity contribution >= 4 is 103 Å². The largest absolute Gasteiger partial charge is 0.379 e. The van der Waals surface area contributed by atoms with Gasteiger partial charge in [0, 0.05) is 50.7 Å². The van der Waals surface area contributed by atoms with Crippen LogP contribution >= 0.6 is 12.0 Å². The molecule has 0 saturated heterocycles. The maximum Gasteiger partial charge on any atom is 0.357 e. The second-order valence-corrected chi connectivity index (χ2v) is 21.3. The van der Waals surface area contributed by atoms with Gasteiger partial charge in [0.2, 0.25) is 5.69 Å². The van der Waals surface area contributed by atoms with Crippen molar-refractivity contribution in [2.24, 2.45) is 0 Å². The van der Waals surface area contributed by atoms with E-state index in [1.54, 1.807) is 27.7 Å². The zero-order valence-electron chi connectivity index (χ0n) is 30.7. The van der Waals surface area contributed by atoms with E-state index < -0.39 is 90.0 Å². The Morgan fingerprint density at radius 1 is 0.814 bits per heavy atom. The summed E-state index contributed by atoms with van der Waals surface area (Å²) in [7, 11) is -19.4. The summed E-state index contributed by atoms with van der Waals surface area (Å²) in [5.74, 6) is -2.52. The molecule has 0 fully saturated rings. The molecular formula is C33H33N2O18S6+. The lowest BCUT2D eigenvalue weighted by atomic mass is 9.78. The highest BCUT2D eigenvalue weighted by molar-refractivity contribution is 7.94. The summed E-state index contributed by atoms with van der Waals surface area (Å²) in [6.07, 6.45) is 4.23. The number of allylic oxidation sites excluding steroid dienone is 4. The van der Waals surface area contributed by atoms with Crippen LogP contribution in [0.5, 0.6) is 5.75 Å². The van der Waals surface area contributed by atoms with Crippen molar-refractivity contribution in [3.63, 3.8) is 0 Å². The average molecular weight is 938 g/mol. The minimum absolute atomic E-state index is 0.0241. The van der Waals surface area contributed by atoms with Crippen LogP contribution in [0.3, 0.4) is 0 Å². The molecule has 1 unspecified atom stereocenters. The van der Waals surface area contributed by atoms with Crippen LogP contribution in [-0.2, 0) is 72.0 Å². The highest BCUT2D eigenvalue weighted by Crippen LogP contribution is 2.53. The lowest BCUT2D eigenvalue weighted by Gasteiger charge is -2.26. The summed E-state index contributed by atoms with van der Waals surface area (Å²) in [5.41, 5.74) is -1.58. The molecule has 26 heteroatoms. The molecule has 20 nitrogen and oxygen atoms in total. The molecule has 0 saturated carbocycles. The normalized spacial score (nSPS) is 18.0. The number of benzene rings is 4. The third-order valence-corrected chi connectivity index (χ3v) is 13.5. The number of nitrogens with zero attached hydrogens (tertiary/aromatic N) is 2. The number of rotatable bonds is 13. The molecule has 59 heavy (non-hydrogen) atoms. The van der Waals surface area contributed by atoms with Gasteiger partial charge >= 0.3 is 21.5 Å². The first kappa shape index (κ1) is 44.7. The van der Waals surface area contributed by atoms with Crippen LogP contribution in [-0.4, -0.2) is 87.9 Å². The Labute approximate surface area is 343 Å². The van der Waals surface area contributed by atoms with Crippen LogP contribution in [0, 0.1) is 0 Å². The third-order valence-electron chi connectivity index (χ3n) is 9.75. The maximum atomic E-state index is 12.8. The van der Waals surface area contributed by atoms with Gasteiger partial charge in [0.25, 0.3) is 36.2 Å². The van der Waals surface area contributed by atoms with Gasteiger partial charge in [-0.3, -0.25) is 22.8 Å². The Kier molecular flexibility index (Phi) is 11.5. The molecule has 4 aromatic rings. The topological polar surface area (TPSA) is 309 Å². The van der Waals surface area contributed by atoms with Gasteiger partial charge in [-0.2, -0.15) is 42.5 Å². The molecule has 6 N–H and O–H groups in total. The van der Waals surface area contributed by atoms with Crippen LogP contribution < -0.4 is 9.08 Å². The van der Waals surface area contributed by atoms with Gasteiger partial charge in [0.05, 0.1) is 27.9 Å². The van der Waals surface area contributed by atoms with Crippen molar-refractivity contribution in [3.8, 4) is 5.75 Å². The molecule has 6 rings (SSSR count). The molecule has 0 amide bonds. The highest BCUT2D eigenvalue weighted by atomic mass is 32.2. The van der Waals surface area contributed by atoms with Crippen LogP contribution in [0.4, 0.5) is 11.4 Å². The lowest BCUT2D eigenvalue weighted by molar-refractivity contribution is -0.432. The van der Waals surface area contributed by atoms with E-state index in [1.807, 2.05) is 0 Å². The van der Waals surface area contributed by atoms with E-state index >= 15 is 0 Å². The van der Waals surface area contributed by atoms with Crippen LogP contribution in [0.2, 0.25) is 0 Å². The smallest absolute Gasteiger partial charge is 0.357 e. The van der Waals surface area contributed by atoms with E-state index in [9.17, 15) is 60.6 Å². The Hall–Kier alpha value is -3.87. The molecule has 2 aliphatic heterocycles. The minimum atomic E-state index is -4.99. The summed E-state index contributed by atoms with van der Waals surface area (Å²) in [5, 5.41) is 12.6. The molecule has 0 aliphatic carbocycles. The molecule has 0 bridgehead atoms. The van der Waals surface area contributed by atoms with Crippen molar-refractivity contribution in [1.82, 2.24) is 0 Å². The van der Waals surface area contributed by atoms with Gasteiger partial charge < -0.3 is 9.08 Å². The zero-order chi connectivity index (χ0) is 43.8. The zero-order valence-corrected chi connectivity index (χ0v) is 35.6. The first-order valence-corrected chi connectivity index (χ1v) is 24.3. The maximum absolute atomic E-state index is 12.8. The SMILES string of the molecule is CC1(C)C(C=CC=C2N(CS(=O)(=O)O)c3ccc4cc(SOOO)cc(S(=O)(=O)O)c4c3C2(C)C)=[N+](CS(=O)(=O)O)c2ccc3cc(S(=O)(=O)O)cc(OS(=O)O)c3c21. The number of fused-ring (bicyclic) bond motifs is 6. The summed E-state index contributed by atoms with van der Waals surface area (Å²) in [6, 6.07) is 9.97. The monoisotopic (exact) mass is 937 g/mol. The predicted molar refractivity (Wildman–Crippen MR) is 213 cm³/mol. The third kappa shape index (κ3) is 8.69. The van der Waals surface area contributed by atoms with Crippen LogP contribution in [0.15, 0.2) is 87.1 Å². The van der Waals surface area contributed by atoms with Gasteiger partial charge in [-0.15, -0.1) is 4.33 Å². The van der Waals surface area contributed by atoms with Crippen molar-refractivity contribution in [3.05, 3.63) is 83.6 Å². The average Bonchev–Trinajstić information content (AvgIpc) is 3.42. The van der Waals surface area contributed by atoms with E-state index in [4.69, 9.17) is 9.44 Å². The van der Waals surface area contributed by atoms with Gasteiger partial charge in [0.1, 0.15) is 4.90 Å². The fourth-order valence-corrected chi connectivity index (χ4v) is 11.0. The van der Waals surface area contributed by atoms with E-state index in [2.05, 4.69) is 9.37 Å². The Morgan fingerprint density at radius 2 is 1.46 bits per heavy atom. The predicted octanol–water partition coefficient (Wildman–Crippen LogP) is 4.73.